The maximum Gasteiger partial charge on any atom is 0.243 e. The Hall–Kier alpha value is -2.34. The van der Waals surface area contributed by atoms with Gasteiger partial charge in [0.25, 0.3) is 0 Å². The average Bonchev–Trinajstić information content (AvgIpc) is 2.78. The predicted octanol–water partition coefficient (Wildman–Crippen LogP) is 2.01. The number of anilines is 2. The Labute approximate surface area is 206 Å². The van der Waals surface area contributed by atoms with Gasteiger partial charge in [0.05, 0.1) is 16.8 Å². The van der Waals surface area contributed by atoms with E-state index in [0.29, 0.717) is 31.2 Å². The molecule has 0 aliphatic carbocycles. The Morgan fingerprint density at radius 3 is 2.09 bits per heavy atom. The van der Waals surface area contributed by atoms with E-state index in [0.717, 1.165) is 26.1 Å². The number of sulfonamides is 2. The zero-order valence-electron chi connectivity index (χ0n) is 19.6. The summed E-state index contributed by atoms with van der Waals surface area (Å²) in [6.07, 6.45) is 1.02. The van der Waals surface area contributed by atoms with E-state index >= 15 is 0 Å². The standard InChI is InChI=1S/C22H29ClN4O5S2/c1-17-5-6-18(23)15-21(17)25-11-13-26(14-12-25)22(28)16-27(33(4,29)30)19-7-9-20(10-8-19)34(31,32)24(2)3/h5-10,15H,11-14,16H2,1-4H3. The molecule has 1 fully saturated rings. The molecular weight excluding hydrogens is 500 g/mol. The van der Waals surface area contributed by atoms with E-state index in [1.807, 2.05) is 25.1 Å². The van der Waals surface area contributed by atoms with Crippen LogP contribution in [0.4, 0.5) is 11.4 Å². The quantitative estimate of drug-likeness (QED) is 0.545. The van der Waals surface area contributed by atoms with Gasteiger partial charge in [-0.2, -0.15) is 0 Å². The number of halogens is 1. The molecule has 34 heavy (non-hydrogen) atoms. The van der Waals surface area contributed by atoms with Crippen LogP contribution in [0.15, 0.2) is 47.4 Å². The second-order valence-electron chi connectivity index (χ2n) is 8.35. The minimum Gasteiger partial charge on any atom is -0.368 e. The third-order valence-corrected chi connectivity index (χ3v) is 8.93. The predicted molar refractivity (Wildman–Crippen MR) is 134 cm³/mol. The highest BCUT2D eigenvalue weighted by molar-refractivity contribution is 7.92. The van der Waals surface area contributed by atoms with Crippen molar-refractivity contribution in [2.45, 2.75) is 11.8 Å². The van der Waals surface area contributed by atoms with Crippen LogP contribution in [0, 0.1) is 6.92 Å². The van der Waals surface area contributed by atoms with Gasteiger partial charge in [-0.1, -0.05) is 17.7 Å². The largest absolute Gasteiger partial charge is 0.368 e. The summed E-state index contributed by atoms with van der Waals surface area (Å²) in [7, 11) is -4.60. The Kier molecular flexibility index (Phi) is 7.81. The number of nitrogens with zero attached hydrogens (tertiary/aromatic N) is 4. The van der Waals surface area contributed by atoms with Gasteiger partial charge in [-0.25, -0.2) is 21.1 Å². The minimum atomic E-state index is -3.78. The van der Waals surface area contributed by atoms with Gasteiger partial charge in [0.15, 0.2) is 0 Å². The third kappa shape index (κ3) is 5.83. The molecule has 1 aliphatic heterocycles. The lowest BCUT2D eigenvalue weighted by Gasteiger charge is -2.37. The molecule has 0 saturated carbocycles. The van der Waals surface area contributed by atoms with Gasteiger partial charge in [-0.05, 0) is 48.9 Å². The van der Waals surface area contributed by atoms with Crippen molar-refractivity contribution in [1.29, 1.82) is 0 Å². The number of hydrogen-bond acceptors (Lipinski definition) is 6. The van der Waals surface area contributed by atoms with Gasteiger partial charge in [0, 0.05) is 51.0 Å². The number of carbonyl (C=O) groups excluding carboxylic acids is 1. The highest BCUT2D eigenvalue weighted by Gasteiger charge is 2.27. The molecule has 3 rings (SSSR count). The van der Waals surface area contributed by atoms with E-state index in [1.165, 1.54) is 38.4 Å². The summed E-state index contributed by atoms with van der Waals surface area (Å²) < 4.78 is 51.5. The van der Waals surface area contributed by atoms with E-state index in [4.69, 9.17) is 11.6 Å². The number of carbonyl (C=O) groups is 1. The van der Waals surface area contributed by atoms with E-state index in [2.05, 4.69) is 4.90 Å². The first-order valence-electron chi connectivity index (χ1n) is 10.6. The van der Waals surface area contributed by atoms with Crippen molar-refractivity contribution >= 4 is 48.9 Å². The second kappa shape index (κ2) is 10.1. The summed E-state index contributed by atoms with van der Waals surface area (Å²) in [6, 6.07) is 11.1. The topological polar surface area (TPSA) is 98.3 Å². The monoisotopic (exact) mass is 528 g/mol. The van der Waals surface area contributed by atoms with Crippen molar-refractivity contribution in [1.82, 2.24) is 9.21 Å². The number of hydrogen-bond donors (Lipinski definition) is 0. The maximum atomic E-state index is 13.0. The zero-order valence-corrected chi connectivity index (χ0v) is 22.0. The molecular formula is C22H29ClN4O5S2. The normalized spacial score (nSPS) is 15.0. The molecule has 12 heteroatoms. The van der Waals surface area contributed by atoms with Crippen molar-refractivity contribution in [3.05, 3.63) is 53.1 Å². The lowest BCUT2D eigenvalue weighted by molar-refractivity contribution is -0.129. The van der Waals surface area contributed by atoms with E-state index in [9.17, 15) is 21.6 Å². The molecule has 2 aromatic carbocycles. The first-order valence-corrected chi connectivity index (χ1v) is 14.3. The summed E-state index contributed by atoms with van der Waals surface area (Å²) in [6.45, 7) is 3.73. The van der Waals surface area contributed by atoms with Crippen molar-refractivity contribution in [2.24, 2.45) is 0 Å². The fraction of sp³-hybridized carbons (Fsp3) is 0.409. The highest BCUT2D eigenvalue weighted by Crippen LogP contribution is 2.26. The summed E-state index contributed by atoms with van der Waals surface area (Å²) >= 11 is 6.13. The van der Waals surface area contributed by atoms with Gasteiger partial charge >= 0.3 is 0 Å². The van der Waals surface area contributed by atoms with Crippen LogP contribution in [-0.2, 0) is 24.8 Å². The number of amides is 1. The SMILES string of the molecule is Cc1ccc(Cl)cc1N1CCN(C(=O)CN(c2ccc(S(=O)(=O)N(C)C)cc2)S(C)(=O)=O)CC1. The first-order chi connectivity index (χ1) is 15.8. The van der Waals surface area contributed by atoms with Gasteiger partial charge in [-0.15, -0.1) is 0 Å². The van der Waals surface area contributed by atoms with Crippen LogP contribution < -0.4 is 9.21 Å². The van der Waals surface area contributed by atoms with E-state index in [-0.39, 0.29) is 23.0 Å². The van der Waals surface area contributed by atoms with Crippen molar-refractivity contribution in [3.8, 4) is 0 Å². The fourth-order valence-electron chi connectivity index (χ4n) is 3.74. The Morgan fingerprint density at radius 1 is 0.971 bits per heavy atom. The van der Waals surface area contributed by atoms with Crippen LogP contribution in [0.5, 0.6) is 0 Å². The van der Waals surface area contributed by atoms with Gasteiger partial charge < -0.3 is 9.80 Å². The van der Waals surface area contributed by atoms with Crippen LogP contribution in [0.1, 0.15) is 5.56 Å². The zero-order chi connectivity index (χ0) is 25.3. The molecule has 1 heterocycles. The highest BCUT2D eigenvalue weighted by atomic mass is 35.5. The molecule has 1 amide bonds. The van der Waals surface area contributed by atoms with Crippen LogP contribution in [0.2, 0.25) is 5.02 Å². The number of rotatable bonds is 7. The molecule has 1 saturated heterocycles. The fourth-order valence-corrected chi connectivity index (χ4v) is 5.66. The molecule has 0 bridgehead atoms. The van der Waals surface area contributed by atoms with Crippen LogP contribution >= 0.6 is 11.6 Å². The number of benzene rings is 2. The molecule has 2 aromatic rings. The summed E-state index contributed by atoms with van der Waals surface area (Å²) in [5.74, 6) is -0.321. The maximum absolute atomic E-state index is 13.0. The average molecular weight is 529 g/mol. The van der Waals surface area contributed by atoms with Gasteiger partial charge in [0.2, 0.25) is 26.0 Å². The second-order valence-corrected chi connectivity index (χ2v) is 12.8. The van der Waals surface area contributed by atoms with Gasteiger partial charge in [-0.3, -0.25) is 9.10 Å². The molecule has 0 radical (unpaired) electrons. The molecule has 0 atom stereocenters. The number of aryl methyl sites for hydroxylation is 1. The Morgan fingerprint density at radius 2 is 1.56 bits per heavy atom. The molecule has 186 valence electrons. The Bertz CT molecular complexity index is 1260. The van der Waals surface area contributed by atoms with Crippen LogP contribution in [0.25, 0.3) is 0 Å². The van der Waals surface area contributed by atoms with Crippen LogP contribution in [0.3, 0.4) is 0 Å². The number of piperazine rings is 1. The molecule has 0 N–H and O–H groups in total. The molecule has 0 spiro atoms. The van der Waals surface area contributed by atoms with Crippen LogP contribution in [-0.4, -0.2) is 85.0 Å². The minimum absolute atomic E-state index is 0.0356. The van der Waals surface area contributed by atoms with Gasteiger partial charge in [0.1, 0.15) is 6.54 Å². The molecule has 1 aliphatic rings. The lowest BCUT2D eigenvalue weighted by atomic mass is 10.1. The lowest BCUT2D eigenvalue weighted by Crippen LogP contribution is -2.52. The van der Waals surface area contributed by atoms with Crippen molar-refractivity contribution in [3.63, 3.8) is 0 Å². The summed E-state index contributed by atoms with van der Waals surface area (Å²) in [5.41, 5.74) is 2.33. The summed E-state index contributed by atoms with van der Waals surface area (Å²) in [4.78, 5) is 16.8. The van der Waals surface area contributed by atoms with E-state index < -0.39 is 20.0 Å². The van der Waals surface area contributed by atoms with Crippen molar-refractivity contribution < 1.29 is 21.6 Å². The smallest absolute Gasteiger partial charge is 0.243 e. The first kappa shape index (κ1) is 26.3. The van der Waals surface area contributed by atoms with Crippen molar-refractivity contribution in [2.75, 3.05) is 62.3 Å². The Balaban J connectivity index is 1.72. The molecule has 0 unspecified atom stereocenters. The van der Waals surface area contributed by atoms with E-state index in [1.54, 1.807) is 4.90 Å². The summed E-state index contributed by atoms with van der Waals surface area (Å²) in [5, 5.41) is 0.646. The molecule has 0 aromatic heterocycles. The molecule has 9 nitrogen and oxygen atoms in total. The third-order valence-electron chi connectivity index (χ3n) is 5.73.